The van der Waals surface area contributed by atoms with Gasteiger partial charge < -0.3 is 10.4 Å². The monoisotopic (exact) mass is 323 g/mol. The number of alkyl halides is 1. The molecule has 0 saturated heterocycles. The lowest BCUT2D eigenvalue weighted by atomic mass is 10.1. The fourth-order valence-electron chi connectivity index (χ4n) is 2.00. The van der Waals surface area contributed by atoms with Crippen LogP contribution in [0.5, 0.6) is 5.75 Å². The number of hydrogen-bond donors (Lipinski definition) is 2. The van der Waals surface area contributed by atoms with E-state index >= 15 is 0 Å². The van der Waals surface area contributed by atoms with Crippen molar-refractivity contribution >= 4 is 29.1 Å². The van der Waals surface area contributed by atoms with E-state index in [1.165, 1.54) is 12.1 Å². The van der Waals surface area contributed by atoms with Crippen molar-refractivity contribution < 1.29 is 9.90 Å². The van der Waals surface area contributed by atoms with Gasteiger partial charge in [-0.05, 0) is 30.2 Å². The highest BCUT2D eigenvalue weighted by atomic mass is 35.5. The molecule has 2 N–H and O–H groups in total. The van der Waals surface area contributed by atoms with Crippen LogP contribution in [0.15, 0.2) is 48.5 Å². The van der Waals surface area contributed by atoms with Crippen molar-refractivity contribution in [3.05, 3.63) is 64.7 Å². The van der Waals surface area contributed by atoms with Crippen LogP contribution < -0.4 is 5.32 Å². The van der Waals surface area contributed by atoms with E-state index in [0.717, 1.165) is 5.56 Å². The van der Waals surface area contributed by atoms with E-state index in [4.69, 9.17) is 23.2 Å². The Morgan fingerprint density at radius 2 is 1.90 bits per heavy atom. The van der Waals surface area contributed by atoms with Crippen LogP contribution >= 0.6 is 23.2 Å². The van der Waals surface area contributed by atoms with Gasteiger partial charge in [0.2, 0.25) is 0 Å². The number of carbonyl (C=O) groups is 1. The van der Waals surface area contributed by atoms with Crippen LogP contribution in [0.2, 0.25) is 5.02 Å². The zero-order valence-electron chi connectivity index (χ0n) is 11.2. The van der Waals surface area contributed by atoms with Crippen LogP contribution in [-0.4, -0.2) is 22.9 Å². The predicted octanol–water partition coefficient (Wildman–Crippen LogP) is 3.63. The van der Waals surface area contributed by atoms with Crippen LogP contribution in [0.4, 0.5) is 0 Å². The lowest BCUT2D eigenvalue weighted by molar-refractivity contribution is 0.0938. The fraction of sp³-hybridized carbons (Fsp3) is 0.188. The summed E-state index contributed by atoms with van der Waals surface area (Å²) in [5.41, 5.74) is 1.27. The van der Waals surface area contributed by atoms with Crippen molar-refractivity contribution in [2.75, 3.05) is 5.88 Å². The number of nitrogens with one attached hydrogen (secondary N) is 1. The van der Waals surface area contributed by atoms with Gasteiger partial charge in [0.25, 0.3) is 5.91 Å². The molecular weight excluding hydrogens is 309 g/mol. The Labute approximate surface area is 133 Å². The summed E-state index contributed by atoms with van der Waals surface area (Å²) in [4.78, 5) is 12.2. The summed E-state index contributed by atoms with van der Waals surface area (Å²) in [6.07, 6.45) is 0.629. The van der Waals surface area contributed by atoms with Crippen LogP contribution in [-0.2, 0) is 6.42 Å². The molecule has 0 spiro atoms. The second-order valence-electron chi connectivity index (χ2n) is 4.68. The first kappa shape index (κ1) is 15.7. The number of benzene rings is 2. The Kier molecular flexibility index (Phi) is 5.48. The van der Waals surface area contributed by atoms with Gasteiger partial charge in [0.05, 0.1) is 5.56 Å². The Balaban J connectivity index is 2.06. The van der Waals surface area contributed by atoms with E-state index in [2.05, 4.69) is 5.32 Å². The molecule has 110 valence electrons. The maximum Gasteiger partial charge on any atom is 0.255 e. The van der Waals surface area contributed by atoms with E-state index in [1.54, 1.807) is 6.07 Å². The zero-order valence-corrected chi connectivity index (χ0v) is 12.7. The molecule has 2 rings (SSSR count). The van der Waals surface area contributed by atoms with Crippen molar-refractivity contribution in [3.8, 4) is 5.75 Å². The molecule has 0 aliphatic rings. The van der Waals surface area contributed by atoms with Gasteiger partial charge in [-0.1, -0.05) is 41.9 Å². The molecule has 0 aliphatic heterocycles. The molecule has 0 bridgehead atoms. The number of rotatable bonds is 5. The number of aromatic hydroxyl groups is 1. The molecule has 1 unspecified atom stereocenters. The van der Waals surface area contributed by atoms with Gasteiger partial charge in [-0.3, -0.25) is 4.79 Å². The number of carbonyl (C=O) groups excluding carboxylic acids is 1. The molecule has 0 heterocycles. The molecule has 0 radical (unpaired) electrons. The van der Waals surface area contributed by atoms with Gasteiger partial charge >= 0.3 is 0 Å². The maximum atomic E-state index is 12.2. The van der Waals surface area contributed by atoms with Crippen molar-refractivity contribution in [2.24, 2.45) is 0 Å². The topological polar surface area (TPSA) is 49.3 Å². The van der Waals surface area contributed by atoms with Crippen molar-refractivity contribution in [2.45, 2.75) is 12.5 Å². The summed E-state index contributed by atoms with van der Waals surface area (Å²) in [5.74, 6) is -0.228. The molecule has 2 aromatic rings. The molecule has 0 fully saturated rings. The summed E-state index contributed by atoms with van der Waals surface area (Å²) < 4.78 is 0. The summed E-state index contributed by atoms with van der Waals surface area (Å²) >= 11 is 11.7. The maximum absolute atomic E-state index is 12.2. The largest absolute Gasteiger partial charge is 0.507 e. The van der Waals surface area contributed by atoms with Crippen LogP contribution in [0.3, 0.4) is 0 Å². The van der Waals surface area contributed by atoms with Crippen LogP contribution in [0.25, 0.3) is 0 Å². The molecule has 1 atom stereocenters. The van der Waals surface area contributed by atoms with E-state index in [9.17, 15) is 9.90 Å². The summed E-state index contributed by atoms with van der Waals surface area (Å²) in [6.45, 7) is 0. The number of hydrogen-bond acceptors (Lipinski definition) is 2. The Hall–Kier alpha value is -1.71. The molecule has 0 aromatic heterocycles. The molecule has 3 nitrogen and oxygen atoms in total. The Morgan fingerprint density at radius 3 is 2.52 bits per heavy atom. The van der Waals surface area contributed by atoms with Gasteiger partial charge in [0.15, 0.2) is 0 Å². The van der Waals surface area contributed by atoms with Crippen molar-refractivity contribution in [1.29, 1.82) is 0 Å². The van der Waals surface area contributed by atoms with E-state index in [0.29, 0.717) is 11.4 Å². The third kappa shape index (κ3) is 4.38. The number of amides is 1. The smallest absolute Gasteiger partial charge is 0.255 e. The van der Waals surface area contributed by atoms with Crippen LogP contribution in [0.1, 0.15) is 15.9 Å². The highest BCUT2D eigenvalue weighted by Gasteiger charge is 2.16. The van der Waals surface area contributed by atoms with Gasteiger partial charge in [0.1, 0.15) is 5.75 Å². The number of phenolic OH excluding ortho intramolecular Hbond substituents is 1. The fourth-order valence-corrected chi connectivity index (χ4v) is 2.36. The van der Waals surface area contributed by atoms with E-state index in [-0.39, 0.29) is 29.1 Å². The zero-order chi connectivity index (χ0) is 15.2. The molecule has 0 saturated carbocycles. The summed E-state index contributed by atoms with van der Waals surface area (Å²) in [7, 11) is 0. The normalized spacial score (nSPS) is 11.9. The quantitative estimate of drug-likeness (QED) is 0.825. The first-order chi connectivity index (χ1) is 10.1. The van der Waals surface area contributed by atoms with E-state index < -0.39 is 0 Å². The van der Waals surface area contributed by atoms with Gasteiger partial charge in [-0.25, -0.2) is 0 Å². The van der Waals surface area contributed by atoms with Gasteiger partial charge in [-0.15, -0.1) is 11.6 Å². The molecular formula is C16H15Cl2NO2. The average molecular weight is 324 g/mol. The van der Waals surface area contributed by atoms with Crippen molar-refractivity contribution in [3.63, 3.8) is 0 Å². The minimum atomic E-state index is -0.370. The highest BCUT2D eigenvalue weighted by molar-refractivity contribution is 6.30. The molecule has 1 amide bonds. The van der Waals surface area contributed by atoms with E-state index in [1.807, 2.05) is 30.3 Å². The second-order valence-corrected chi connectivity index (χ2v) is 5.42. The Morgan fingerprint density at radius 1 is 1.19 bits per heavy atom. The Bertz CT molecular complexity index is 617. The molecule has 21 heavy (non-hydrogen) atoms. The predicted molar refractivity (Wildman–Crippen MR) is 85.2 cm³/mol. The summed E-state index contributed by atoms with van der Waals surface area (Å²) in [5, 5.41) is 13.0. The van der Waals surface area contributed by atoms with Crippen LogP contribution in [0, 0.1) is 0 Å². The highest BCUT2D eigenvalue weighted by Crippen LogP contribution is 2.22. The average Bonchev–Trinajstić information content (AvgIpc) is 2.47. The first-order valence-corrected chi connectivity index (χ1v) is 7.40. The van der Waals surface area contributed by atoms with Crippen molar-refractivity contribution in [1.82, 2.24) is 5.32 Å². The minimum absolute atomic E-state index is 0.145. The lowest BCUT2D eigenvalue weighted by Crippen LogP contribution is -2.37. The van der Waals surface area contributed by atoms with Gasteiger partial charge in [-0.2, -0.15) is 0 Å². The molecule has 0 aliphatic carbocycles. The molecule has 5 heteroatoms. The van der Waals surface area contributed by atoms with Gasteiger partial charge in [0, 0.05) is 16.9 Å². The first-order valence-electron chi connectivity index (χ1n) is 6.49. The standard InChI is InChI=1S/C16H15Cl2NO2/c17-10-13(8-11-4-2-1-3-5-11)19-16(21)14-7-6-12(18)9-15(14)20/h1-7,9,13,20H,8,10H2,(H,19,21). The minimum Gasteiger partial charge on any atom is -0.507 e. The lowest BCUT2D eigenvalue weighted by Gasteiger charge is -2.16. The SMILES string of the molecule is O=C(NC(CCl)Cc1ccccc1)c1ccc(Cl)cc1O. The molecule has 2 aromatic carbocycles. The number of phenols is 1. The third-order valence-electron chi connectivity index (χ3n) is 3.05. The number of halogens is 2. The summed E-state index contributed by atoms with van der Waals surface area (Å²) in [6, 6.07) is 13.9. The third-order valence-corrected chi connectivity index (χ3v) is 3.66. The second kappa shape index (κ2) is 7.34.